The summed E-state index contributed by atoms with van der Waals surface area (Å²) in [4.78, 5) is 22.9. The van der Waals surface area contributed by atoms with Gasteiger partial charge in [0.15, 0.2) is 6.61 Å². The lowest BCUT2D eigenvalue weighted by atomic mass is 9.49. The predicted molar refractivity (Wildman–Crippen MR) is 108 cm³/mol. The van der Waals surface area contributed by atoms with Gasteiger partial charge in [0, 0.05) is 12.6 Å². The van der Waals surface area contributed by atoms with Crippen LogP contribution < -0.4 is 15.8 Å². The summed E-state index contributed by atoms with van der Waals surface area (Å²) in [6.07, 6.45) is 13.0. The molecular weight excluding hydrogens is 352 g/mol. The van der Waals surface area contributed by atoms with Crippen LogP contribution >= 0.6 is 0 Å². The van der Waals surface area contributed by atoms with E-state index in [-0.39, 0.29) is 12.5 Å². The van der Waals surface area contributed by atoms with E-state index < -0.39 is 5.91 Å². The molecule has 0 atom stereocenters. The van der Waals surface area contributed by atoms with Crippen LogP contribution in [0.2, 0.25) is 0 Å². The largest absolute Gasteiger partial charge is 0.484 e. The second-order valence-corrected chi connectivity index (χ2v) is 9.12. The summed E-state index contributed by atoms with van der Waals surface area (Å²) in [7, 11) is 0. The Kier molecular flexibility index (Phi) is 5.42. The van der Waals surface area contributed by atoms with Gasteiger partial charge >= 0.3 is 0 Å². The minimum atomic E-state index is -0.505. The first-order valence-corrected chi connectivity index (χ1v) is 10.5. The molecule has 4 aliphatic rings. The Hall–Kier alpha value is -2.30. The van der Waals surface area contributed by atoms with Crippen molar-refractivity contribution in [2.75, 3.05) is 13.2 Å². The van der Waals surface area contributed by atoms with Crippen LogP contribution in [0.3, 0.4) is 0 Å². The molecule has 150 valence electrons. The summed E-state index contributed by atoms with van der Waals surface area (Å²) in [6, 6.07) is 7.20. The quantitative estimate of drug-likeness (QED) is 0.677. The Morgan fingerprint density at radius 3 is 2.25 bits per heavy atom. The van der Waals surface area contributed by atoms with E-state index in [0.717, 1.165) is 36.3 Å². The van der Waals surface area contributed by atoms with E-state index in [1.54, 1.807) is 24.3 Å². The van der Waals surface area contributed by atoms with Crippen molar-refractivity contribution in [2.24, 2.45) is 28.9 Å². The molecule has 3 N–H and O–H groups in total. The number of hydrogen-bond donors (Lipinski definition) is 2. The fourth-order valence-electron chi connectivity index (χ4n) is 6.11. The van der Waals surface area contributed by atoms with E-state index in [9.17, 15) is 9.59 Å². The van der Waals surface area contributed by atoms with Crippen molar-refractivity contribution in [3.63, 3.8) is 0 Å². The van der Waals surface area contributed by atoms with Gasteiger partial charge in [-0.25, -0.2) is 0 Å². The van der Waals surface area contributed by atoms with Crippen LogP contribution in [0.5, 0.6) is 5.75 Å². The summed E-state index contributed by atoms with van der Waals surface area (Å²) in [5.41, 5.74) is 6.47. The lowest BCUT2D eigenvalue weighted by molar-refractivity contribution is -0.120. The van der Waals surface area contributed by atoms with Crippen LogP contribution in [-0.2, 0) is 9.59 Å². The summed E-state index contributed by atoms with van der Waals surface area (Å²) < 4.78 is 5.22. The Balaban J connectivity index is 1.22. The van der Waals surface area contributed by atoms with Crippen LogP contribution in [0.1, 0.15) is 50.5 Å². The maximum Gasteiger partial charge on any atom is 0.255 e. The highest BCUT2D eigenvalue weighted by molar-refractivity contribution is 5.91. The molecule has 5 rings (SSSR count). The van der Waals surface area contributed by atoms with Crippen molar-refractivity contribution in [1.29, 1.82) is 0 Å². The first-order chi connectivity index (χ1) is 13.5. The number of benzene rings is 1. The molecule has 0 unspecified atom stereocenters. The minimum absolute atomic E-state index is 0.0428. The molecule has 4 bridgehead atoms. The van der Waals surface area contributed by atoms with E-state index in [1.165, 1.54) is 38.5 Å². The summed E-state index contributed by atoms with van der Waals surface area (Å²) in [6.45, 7) is 0.635. The monoisotopic (exact) mass is 382 g/mol. The molecule has 0 saturated heterocycles. The third-order valence-corrected chi connectivity index (χ3v) is 6.81. The Morgan fingerprint density at radius 2 is 1.68 bits per heavy atom. The van der Waals surface area contributed by atoms with Crippen LogP contribution in [0.25, 0.3) is 6.08 Å². The number of hydrogen-bond acceptors (Lipinski definition) is 3. The van der Waals surface area contributed by atoms with Gasteiger partial charge in [0.1, 0.15) is 5.75 Å². The zero-order valence-corrected chi connectivity index (χ0v) is 16.4. The minimum Gasteiger partial charge on any atom is -0.484 e. The molecule has 4 fully saturated rings. The average molecular weight is 383 g/mol. The van der Waals surface area contributed by atoms with Crippen LogP contribution in [0, 0.1) is 23.2 Å². The molecule has 2 amide bonds. The van der Waals surface area contributed by atoms with Crippen LogP contribution in [0.15, 0.2) is 30.3 Å². The number of ether oxygens (including phenoxy) is 1. The Bertz CT molecular complexity index is 718. The van der Waals surface area contributed by atoms with E-state index in [1.807, 2.05) is 12.1 Å². The molecule has 0 aromatic heterocycles. The van der Waals surface area contributed by atoms with Gasteiger partial charge in [-0.05, 0) is 91.9 Å². The van der Waals surface area contributed by atoms with Gasteiger partial charge in [-0.1, -0.05) is 12.1 Å². The van der Waals surface area contributed by atoms with E-state index >= 15 is 0 Å². The molecule has 28 heavy (non-hydrogen) atoms. The number of carbonyl (C=O) groups excluding carboxylic acids is 2. The molecule has 4 saturated carbocycles. The van der Waals surface area contributed by atoms with Crippen LogP contribution in [0.4, 0.5) is 0 Å². The third-order valence-electron chi connectivity index (χ3n) is 6.81. The van der Waals surface area contributed by atoms with Gasteiger partial charge < -0.3 is 15.8 Å². The average Bonchev–Trinajstić information content (AvgIpc) is 2.64. The van der Waals surface area contributed by atoms with Crippen molar-refractivity contribution in [3.8, 4) is 5.75 Å². The Labute approximate surface area is 166 Å². The fraction of sp³-hybridized carbons (Fsp3) is 0.565. The molecule has 1 aromatic rings. The molecule has 5 heteroatoms. The fourth-order valence-corrected chi connectivity index (χ4v) is 6.11. The number of nitrogens with one attached hydrogen (secondary N) is 1. The van der Waals surface area contributed by atoms with Crippen molar-refractivity contribution in [2.45, 2.75) is 44.9 Å². The van der Waals surface area contributed by atoms with E-state index in [4.69, 9.17) is 10.5 Å². The topological polar surface area (TPSA) is 81.4 Å². The van der Waals surface area contributed by atoms with Crippen molar-refractivity contribution in [1.82, 2.24) is 5.32 Å². The summed E-state index contributed by atoms with van der Waals surface area (Å²) >= 11 is 0. The maximum absolute atomic E-state index is 12.2. The third kappa shape index (κ3) is 4.57. The maximum atomic E-state index is 12.2. The van der Waals surface area contributed by atoms with Crippen molar-refractivity contribution in [3.05, 3.63) is 35.9 Å². The standard InChI is InChI=1S/C23H30N2O3/c24-21(26)15-28-20-4-1-16(2-5-20)3-6-22(27)25-8-7-23-12-17-9-18(13-23)11-19(10-17)14-23/h1-6,17-19H,7-15H2,(H2,24,26)(H,25,27). The molecule has 0 heterocycles. The summed E-state index contributed by atoms with van der Waals surface area (Å²) in [5.74, 6) is 2.90. The lowest BCUT2D eigenvalue weighted by Gasteiger charge is -2.57. The number of amides is 2. The summed E-state index contributed by atoms with van der Waals surface area (Å²) in [5, 5.41) is 3.07. The number of rotatable bonds is 8. The predicted octanol–water partition coefficient (Wildman–Crippen LogP) is 3.29. The molecule has 0 spiro atoms. The molecule has 0 radical (unpaired) electrons. The van der Waals surface area contributed by atoms with E-state index in [2.05, 4.69) is 5.32 Å². The van der Waals surface area contributed by atoms with Gasteiger partial charge in [-0.15, -0.1) is 0 Å². The normalized spacial score (nSPS) is 30.5. The molecule has 5 nitrogen and oxygen atoms in total. The first kappa shape index (κ1) is 19.0. The lowest BCUT2D eigenvalue weighted by Crippen LogP contribution is -2.47. The van der Waals surface area contributed by atoms with Gasteiger partial charge in [-0.3, -0.25) is 9.59 Å². The second-order valence-electron chi connectivity index (χ2n) is 9.12. The van der Waals surface area contributed by atoms with Gasteiger partial charge in [0.25, 0.3) is 5.91 Å². The van der Waals surface area contributed by atoms with E-state index in [0.29, 0.717) is 11.2 Å². The zero-order chi connectivity index (χ0) is 19.6. The second kappa shape index (κ2) is 7.98. The SMILES string of the molecule is NC(=O)COc1ccc(C=CC(=O)NCCC23CC4CC(CC(C4)C2)C3)cc1. The Morgan fingerprint density at radius 1 is 1.07 bits per heavy atom. The molecule has 1 aromatic carbocycles. The first-order valence-electron chi connectivity index (χ1n) is 10.5. The van der Waals surface area contributed by atoms with Crippen molar-refractivity contribution >= 4 is 17.9 Å². The van der Waals surface area contributed by atoms with Gasteiger partial charge in [-0.2, -0.15) is 0 Å². The number of primary amides is 1. The molecular formula is C23H30N2O3. The highest BCUT2D eigenvalue weighted by atomic mass is 16.5. The van der Waals surface area contributed by atoms with Crippen LogP contribution in [-0.4, -0.2) is 25.0 Å². The number of carbonyl (C=O) groups is 2. The number of nitrogens with two attached hydrogens (primary N) is 1. The van der Waals surface area contributed by atoms with Gasteiger partial charge in [0.05, 0.1) is 0 Å². The molecule has 0 aliphatic heterocycles. The van der Waals surface area contributed by atoms with Crippen molar-refractivity contribution < 1.29 is 14.3 Å². The van der Waals surface area contributed by atoms with Gasteiger partial charge in [0.2, 0.25) is 5.91 Å². The molecule has 4 aliphatic carbocycles. The zero-order valence-electron chi connectivity index (χ0n) is 16.4. The highest BCUT2D eigenvalue weighted by Crippen LogP contribution is 2.61. The smallest absolute Gasteiger partial charge is 0.255 e. The highest BCUT2D eigenvalue weighted by Gasteiger charge is 2.50.